The lowest BCUT2D eigenvalue weighted by Crippen LogP contribution is -2.27. The maximum atomic E-state index is 13.4. The predicted octanol–water partition coefficient (Wildman–Crippen LogP) is 4.38. The van der Waals surface area contributed by atoms with Crippen LogP contribution in [0.1, 0.15) is 17.2 Å². The van der Waals surface area contributed by atoms with Gasteiger partial charge in [-0.05, 0) is 35.4 Å². The van der Waals surface area contributed by atoms with Crippen molar-refractivity contribution in [3.63, 3.8) is 0 Å². The van der Waals surface area contributed by atoms with E-state index in [-0.39, 0.29) is 17.1 Å². The molecule has 3 aromatic carbocycles. The van der Waals surface area contributed by atoms with Crippen LogP contribution in [0.3, 0.4) is 0 Å². The summed E-state index contributed by atoms with van der Waals surface area (Å²) < 4.78 is 4.15. The Labute approximate surface area is 180 Å². The third kappa shape index (κ3) is 3.23. The van der Waals surface area contributed by atoms with Gasteiger partial charge in [0, 0.05) is 4.47 Å². The molecule has 0 bridgehead atoms. The van der Waals surface area contributed by atoms with Crippen LogP contribution >= 0.6 is 15.9 Å². The Hall–Kier alpha value is -3.58. The molecule has 30 heavy (non-hydrogen) atoms. The average molecular weight is 458 g/mol. The molecule has 0 spiro atoms. The van der Waals surface area contributed by atoms with E-state index >= 15 is 0 Å². The fraction of sp³-hybridized carbons (Fsp3) is 0.0435. The Balaban J connectivity index is 1.69. The molecule has 0 aliphatic rings. The summed E-state index contributed by atoms with van der Waals surface area (Å²) in [6.07, 6.45) is 1.58. The van der Waals surface area contributed by atoms with E-state index < -0.39 is 0 Å². The van der Waals surface area contributed by atoms with Gasteiger partial charge in [-0.15, -0.1) is 5.10 Å². The molecule has 7 heteroatoms. The van der Waals surface area contributed by atoms with E-state index in [2.05, 4.69) is 31.2 Å². The molecule has 5 aromatic rings. The zero-order valence-electron chi connectivity index (χ0n) is 15.8. The first kappa shape index (κ1) is 18.4. The standard InChI is InChI=1S/C23H16BrN5O/c24-18-11-13-19(14-12-18)29-22-20(26-27-29)23(30)28(15-25-22)21(16-7-3-1-4-8-16)17-9-5-2-6-10-17/h1-15,21H. The Morgan fingerprint density at radius 1 is 0.800 bits per heavy atom. The number of aromatic nitrogens is 5. The highest BCUT2D eigenvalue weighted by molar-refractivity contribution is 9.10. The summed E-state index contributed by atoms with van der Waals surface area (Å²) in [5.41, 5.74) is 3.20. The molecule has 0 saturated heterocycles. The Morgan fingerprint density at radius 3 is 2.00 bits per heavy atom. The van der Waals surface area contributed by atoms with Crippen LogP contribution in [0.2, 0.25) is 0 Å². The monoisotopic (exact) mass is 457 g/mol. The van der Waals surface area contributed by atoms with Crippen molar-refractivity contribution < 1.29 is 0 Å². The lowest BCUT2D eigenvalue weighted by Gasteiger charge is -2.20. The molecule has 0 unspecified atom stereocenters. The summed E-state index contributed by atoms with van der Waals surface area (Å²) in [7, 11) is 0. The van der Waals surface area contributed by atoms with Gasteiger partial charge < -0.3 is 0 Å². The van der Waals surface area contributed by atoms with Crippen LogP contribution in [0, 0.1) is 0 Å². The molecule has 146 valence electrons. The lowest BCUT2D eigenvalue weighted by atomic mass is 9.98. The molecule has 0 N–H and O–H groups in total. The maximum absolute atomic E-state index is 13.4. The van der Waals surface area contributed by atoms with Gasteiger partial charge in [0.2, 0.25) is 0 Å². The van der Waals surface area contributed by atoms with Crippen molar-refractivity contribution in [1.82, 2.24) is 24.5 Å². The maximum Gasteiger partial charge on any atom is 0.284 e. The fourth-order valence-electron chi connectivity index (χ4n) is 3.55. The van der Waals surface area contributed by atoms with Gasteiger partial charge in [-0.1, -0.05) is 81.8 Å². The van der Waals surface area contributed by atoms with E-state index in [1.54, 1.807) is 15.6 Å². The number of benzene rings is 3. The summed E-state index contributed by atoms with van der Waals surface area (Å²) in [5.74, 6) is 0. The second-order valence-corrected chi connectivity index (χ2v) is 7.75. The molecular weight excluding hydrogens is 442 g/mol. The molecule has 0 aliphatic heterocycles. The van der Waals surface area contributed by atoms with Crippen molar-refractivity contribution in [2.24, 2.45) is 0 Å². The molecule has 0 radical (unpaired) electrons. The first-order valence-electron chi connectivity index (χ1n) is 9.41. The van der Waals surface area contributed by atoms with E-state index in [9.17, 15) is 4.79 Å². The van der Waals surface area contributed by atoms with Crippen LogP contribution in [-0.4, -0.2) is 24.5 Å². The Bertz CT molecular complexity index is 1320. The molecule has 0 fully saturated rings. The Morgan fingerprint density at radius 2 is 1.40 bits per heavy atom. The third-order valence-electron chi connectivity index (χ3n) is 4.97. The first-order chi connectivity index (χ1) is 14.7. The van der Waals surface area contributed by atoms with E-state index in [0.29, 0.717) is 5.65 Å². The largest absolute Gasteiger partial charge is 0.285 e. The minimum Gasteiger partial charge on any atom is -0.285 e. The van der Waals surface area contributed by atoms with Crippen molar-refractivity contribution >= 4 is 27.1 Å². The summed E-state index contributed by atoms with van der Waals surface area (Å²) in [4.78, 5) is 18.0. The first-order valence-corrected chi connectivity index (χ1v) is 10.2. The number of hydrogen-bond donors (Lipinski definition) is 0. The number of rotatable bonds is 4. The van der Waals surface area contributed by atoms with E-state index in [0.717, 1.165) is 21.3 Å². The van der Waals surface area contributed by atoms with Gasteiger partial charge in [0.1, 0.15) is 6.33 Å². The van der Waals surface area contributed by atoms with E-state index in [1.165, 1.54) is 0 Å². The highest BCUT2D eigenvalue weighted by atomic mass is 79.9. The van der Waals surface area contributed by atoms with Crippen LogP contribution in [0.15, 0.2) is 101 Å². The van der Waals surface area contributed by atoms with Crippen molar-refractivity contribution in [3.05, 3.63) is 117 Å². The summed E-state index contributed by atoms with van der Waals surface area (Å²) in [5, 5.41) is 8.33. The van der Waals surface area contributed by atoms with Gasteiger partial charge in [0.25, 0.3) is 5.56 Å². The van der Waals surface area contributed by atoms with Crippen molar-refractivity contribution in [3.8, 4) is 5.69 Å². The molecule has 0 saturated carbocycles. The summed E-state index contributed by atoms with van der Waals surface area (Å²) in [6, 6.07) is 27.1. The fourth-order valence-corrected chi connectivity index (χ4v) is 3.81. The quantitative estimate of drug-likeness (QED) is 0.401. The lowest BCUT2D eigenvalue weighted by molar-refractivity contribution is 0.642. The second-order valence-electron chi connectivity index (χ2n) is 6.83. The zero-order chi connectivity index (χ0) is 20.5. The van der Waals surface area contributed by atoms with Gasteiger partial charge in [-0.25, -0.2) is 4.98 Å². The topological polar surface area (TPSA) is 65.6 Å². The summed E-state index contributed by atoms with van der Waals surface area (Å²) >= 11 is 3.43. The van der Waals surface area contributed by atoms with Crippen LogP contribution in [-0.2, 0) is 0 Å². The van der Waals surface area contributed by atoms with Gasteiger partial charge in [0.05, 0.1) is 11.7 Å². The molecule has 2 heterocycles. The third-order valence-corrected chi connectivity index (χ3v) is 5.50. The Kier molecular flexibility index (Phi) is 4.72. The minimum absolute atomic E-state index is 0.234. The molecular formula is C23H16BrN5O. The number of nitrogens with zero attached hydrogens (tertiary/aromatic N) is 5. The number of halogens is 1. The van der Waals surface area contributed by atoms with Gasteiger partial charge in [-0.3, -0.25) is 9.36 Å². The van der Waals surface area contributed by atoms with E-state index in [4.69, 9.17) is 0 Å². The van der Waals surface area contributed by atoms with Crippen LogP contribution in [0.4, 0.5) is 0 Å². The van der Waals surface area contributed by atoms with Gasteiger partial charge in [0.15, 0.2) is 11.2 Å². The number of hydrogen-bond acceptors (Lipinski definition) is 4. The SMILES string of the molecule is O=c1c2nnn(-c3ccc(Br)cc3)c2ncn1C(c1ccccc1)c1ccccc1. The van der Waals surface area contributed by atoms with Crippen molar-refractivity contribution in [1.29, 1.82) is 0 Å². The molecule has 2 aromatic heterocycles. The van der Waals surface area contributed by atoms with Crippen molar-refractivity contribution in [2.75, 3.05) is 0 Å². The smallest absolute Gasteiger partial charge is 0.284 e. The molecule has 0 amide bonds. The van der Waals surface area contributed by atoms with Crippen LogP contribution in [0.5, 0.6) is 0 Å². The minimum atomic E-state index is -0.311. The van der Waals surface area contributed by atoms with Gasteiger partial charge in [-0.2, -0.15) is 4.68 Å². The van der Waals surface area contributed by atoms with Crippen LogP contribution < -0.4 is 5.56 Å². The molecule has 5 rings (SSSR count). The van der Waals surface area contributed by atoms with Crippen LogP contribution in [0.25, 0.3) is 16.9 Å². The predicted molar refractivity (Wildman–Crippen MR) is 119 cm³/mol. The van der Waals surface area contributed by atoms with Gasteiger partial charge >= 0.3 is 0 Å². The van der Waals surface area contributed by atoms with Crippen molar-refractivity contribution in [2.45, 2.75) is 6.04 Å². The highest BCUT2D eigenvalue weighted by Gasteiger charge is 2.21. The highest BCUT2D eigenvalue weighted by Crippen LogP contribution is 2.25. The number of fused-ring (bicyclic) bond motifs is 1. The molecule has 6 nitrogen and oxygen atoms in total. The molecule has 0 aliphatic carbocycles. The molecule has 0 atom stereocenters. The second kappa shape index (κ2) is 7.68. The average Bonchev–Trinajstić information content (AvgIpc) is 3.23. The summed E-state index contributed by atoms with van der Waals surface area (Å²) in [6.45, 7) is 0. The zero-order valence-corrected chi connectivity index (χ0v) is 17.3. The van der Waals surface area contributed by atoms with E-state index in [1.807, 2.05) is 84.9 Å². The normalized spacial score (nSPS) is 11.3.